The van der Waals surface area contributed by atoms with Crippen molar-refractivity contribution in [1.29, 1.82) is 0 Å². The summed E-state index contributed by atoms with van der Waals surface area (Å²) in [4.78, 5) is 0. The molecule has 60 valence electrons. The summed E-state index contributed by atoms with van der Waals surface area (Å²) in [6.45, 7) is 0. The molecule has 2 nitrogen and oxygen atoms in total. The van der Waals surface area contributed by atoms with E-state index in [9.17, 15) is 7.46 Å². The molecule has 0 aliphatic heterocycles. The minimum absolute atomic E-state index is 0.0347. The maximum absolute atomic E-state index is 12.5. The minimum Gasteiger partial charge on any atom is -0.302 e. The van der Waals surface area contributed by atoms with Gasteiger partial charge in [0.1, 0.15) is 5.82 Å². The summed E-state index contributed by atoms with van der Waals surface area (Å²) in [5.41, 5.74) is 0.583. The van der Waals surface area contributed by atoms with Crippen LogP contribution in [0, 0.1) is 5.82 Å². The zero-order valence-corrected chi connectivity index (χ0v) is 8.19. The number of nitrogens with one attached hydrogen (secondary N) is 1. The zero-order chi connectivity index (χ0) is 8.27. The van der Waals surface area contributed by atoms with Crippen LogP contribution in [0.15, 0.2) is 18.2 Å². The molecular formula is C6H4ClFINO. The predicted molar refractivity (Wildman–Crippen MR) is 49.7 cm³/mol. The van der Waals surface area contributed by atoms with E-state index >= 15 is 0 Å². The molecule has 11 heavy (non-hydrogen) atoms. The molecule has 0 heterocycles. The Bertz CT molecular complexity index is 281. The highest BCUT2D eigenvalue weighted by molar-refractivity contribution is 14.1. The van der Waals surface area contributed by atoms with Crippen molar-refractivity contribution >= 4 is 38.8 Å². The van der Waals surface area contributed by atoms with Crippen LogP contribution in [-0.4, -0.2) is 0 Å². The van der Waals surface area contributed by atoms with Crippen molar-refractivity contribution in [3.63, 3.8) is 0 Å². The van der Waals surface area contributed by atoms with Gasteiger partial charge in [-0.25, -0.2) is 7.46 Å². The highest BCUT2D eigenvalue weighted by Crippen LogP contribution is 2.20. The van der Waals surface area contributed by atoms with Gasteiger partial charge in [0.2, 0.25) is 0 Å². The van der Waals surface area contributed by atoms with Crippen LogP contribution in [0.1, 0.15) is 0 Å². The molecule has 0 fully saturated rings. The van der Waals surface area contributed by atoms with Crippen LogP contribution in [0.4, 0.5) is 10.1 Å². The van der Waals surface area contributed by atoms with Crippen molar-refractivity contribution in [2.24, 2.45) is 0 Å². The van der Waals surface area contributed by atoms with Gasteiger partial charge in [-0.05, 0) is 18.2 Å². The highest BCUT2D eigenvalue weighted by Gasteiger charge is 1.98. The number of hydrogen-bond donors (Lipinski definition) is 1. The average molecular weight is 287 g/mol. The van der Waals surface area contributed by atoms with E-state index in [1.165, 1.54) is 18.2 Å². The fourth-order valence-corrected chi connectivity index (χ4v) is 1.37. The van der Waals surface area contributed by atoms with Gasteiger partial charge >= 0.3 is 0 Å². The Morgan fingerprint density at radius 1 is 1.55 bits per heavy atom. The molecule has 0 saturated carbocycles. The molecule has 0 aliphatic rings. The molecule has 1 rings (SSSR count). The summed E-state index contributed by atoms with van der Waals surface area (Å²) >= 11 is 4.17. The zero-order valence-electron chi connectivity index (χ0n) is 5.27. The first-order chi connectivity index (χ1) is 5.24. The van der Waals surface area contributed by atoms with Crippen LogP contribution >= 0.6 is 33.1 Å². The van der Waals surface area contributed by atoms with Gasteiger partial charge < -0.3 is 3.53 Å². The third-order valence-electron chi connectivity index (χ3n) is 1.07. The molecule has 1 aromatic carbocycles. The van der Waals surface area contributed by atoms with Gasteiger partial charge in [-0.1, -0.05) is 11.6 Å². The van der Waals surface area contributed by atoms with Crippen molar-refractivity contribution in [1.82, 2.24) is 0 Å². The van der Waals surface area contributed by atoms with Crippen molar-refractivity contribution in [3.8, 4) is 0 Å². The van der Waals surface area contributed by atoms with Gasteiger partial charge in [-0.15, -0.1) is 0 Å². The maximum Gasteiger partial charge on any atom is 0.270 e. The van der Waals surface area contributed by atoms with Gasteiger partial charge in [0.05, 0.1) is 5.02 Å². The number of anilines is 1. The van der Waals surface area contributed by atoms with E-state index in [1.807, 2.05) is 0 Å². The molecule has 0 unspecified atom stereocenters. The van der Waals surface area contributed by atoms with Crippen molar-refractivity contribution in [2.45, 2.75) is 0 Å². The Morgan fingerprint density at radius 2 is 2.27 bits per heavy atom. The summed E-state index contributed by atoms with van der Waals surface area (Å²) < 4.78 is 25.2. The van der Waals surface area contributed by atoms with Gasteiger partial charge in [-0.2, -0.15) is 0 Å². The molecule has 0 bridgehead atoms. The Kier molecular flexibility index (Phi) is 3.19. The summed E-state index contributed by atoms with van der Waals surface area (Å²) in [6.07, 6.45) is 0. The molecular weight excluding hydrogens is 283 g/mol. The molecule has 1 N–H and O–H groups in total. The van der Waals surface area contributed by atoms with Crippen molar-refractivity contribution < 1.29 is 7.46 Å². The summed E-state index contributed by atoms with van der Waals surface area (Å²) in [7, 11) is 0. The molecule has 0 amide bonds. The maximum atomic E-state index is 12.5. The van der Waals surface area contributed by atoms with Gasteiger partial charge in [0.25, 0.3) is 21.5 Å². The van der Waals surface area contributed by atoms with E-state index in [0.717, 1.165) is 0 Å². The second kappa shape index (κ2) is 3.96. The predicted octanol–water partition coefficient (Wildman–Crippen LogP) is 3.12. The standard InChI is InChI=1S/C6H4ClFINO/c7-5-3-4(10-9-11)1-2-6(5)8/h1-3H,(H,10,11). The molecule has 0 aromatic heterocycles. The first kappa shape index (κ1) is 8.86. The van der Waals surface area contributed by atoms with Crippen LogP contribution in [0.5, 0.6) is 0 Å². The third-order valence-corrected chi connectivity index (χ3v) is 2.20. The SMILES string of the molecule is O=INc1ccc(F)c(Cl)c1. The van der Waals surface area contributed by atoms with Crippen molar-refractivity contribution in [3.05, 3.63) is 29.0 Å². The lowest BCUT2D eigenvalue weighted by molar-refractivity contribution is 0.628. The molecule has 0 radical (unpaired) electrons. The van der Waals surface area contributed by atoms with E-state index in [-0.39, 0.29) is 5.02 Å². The second-order valence-electron chi connectivity index (χ2n) is 1.80. The Morgan fingerprint density at radius 3 is 2.82 bits per heavy atom. The lowest BCUT2D eigenvalue weighted by atomic mass is 10.3. The minimum atomic E-state index is -1.28. The fourth-order valence-electron chi connectivity index (χ4n) is 0.599. The van der Waals surface area contributed by atoms with Crippen LogP contribution in [-0.2, 0) is 3.07 Å². The first-order valence-corrected chi connectivity index (χ1v) is 5.05. The van der Waals surface area contributed by atoms with Gasteiger partial charge in [0, 0.05) is 5.69 Å². The third kappa shape index (κ3) is 2.37. The molecule has 0 spiro atoms. The molecule has 0 saturated heterocycles. The first-order valence-electron chi connectivity index (χ1n) is 2.71. The van der Waals surface area contributed by atoms with E-state index in [0.29, 0.717) is 5.69 Å². The Labute approximate surface area is 78.7 Å². The summed E-state index contributed by atoms with van der Waals surface area (Å²) in [5, 5.41) is 0.0347. The van der Waals surface area contributed by atoms with Crippen molar-refractivity contribution in [2.75, 3.05) is 3.53 Å². The second-order valence-corrected chi connectivity index (χ2v) is 3.19. The Balaban J connectivity index is 2.95. The van der Waals surface area contributed by atoms with Crippen LogP contribution in [0.3, 0.4) is 0 Å². The molecule has 1 aromatic rings. The number of benzene rings is 1. The summed E-state index contributed by atoms with van der Waals surface area (Å²) in [5.74, 6) is -0.471. The number of halogens is 3. The van der Waals surface area contributed by atoms with Crippen LogP contribution in [0.2, 0.25) is 5.02 Å². The van der Waals surface area contributed by atoms with Crippen LogP contribution in [0.25, 0.3) is 0 Å². The van der Waals surface area contributed by atoms with E-state index in [4.69, 9.17) is 11.6 Å². The topological polar surface area (TPSA) is 29.1 Å². The smallest absolute Gasteiger partial charge is 0.270 e. The van der Waals surface area contributed by atoms with Crippen LogP contribution < -0.4 is 3.53 Å². The Hall–Kier alpha value is -0.230. The monoisotopic (exact) mass is 287 g/mol. The lowest BCUT2D eigenvalue weighted by Crippen LogP contribution is -1.81. The summed E-state index contributed by atoms with van der Waals surface area (Å²) in [6, 6.07) is 4.11. The molecule has 5 heteroatoms. The average Bonchev–Trinajstić information content (AvgIpc) is 1.98. The van der Waals surface area contributed by atoms with Gasteiger partial charge in [-0.3, -0.25) is 0 Å². The van der Waals surface area contributed by atoms with Gasteiger partial charge in [0.15, 0.2) is 0 Å². The van der Waals surface area contributed by atoms with E-state index in [1.54, 1.807) is 0 Å². The van der Waals surface area contributed by atoms with E-state index < -0.39 is 27.3 Å². The quantitative estimate of drug-likeness (QED) is 0.669. The lowest BCUT2D eigenvalue weighted by Gasteiger charge is -1.97. The highest BCUT2D eigenvalue weighted by atomic mass is 127. The number of hydrogen-bond acceptors (Lipinski definition) is 1. The normalized spacial score (nSPS) is 9.64. The molecule has 0 atom stereocenters. The number of rotatable bonds is 2. The largest absolute Gasteiger partial charge is 0.302 e. The molecule has 0 aliphatic carbocycles. The van der Waals surface area contributed by atoms with E-state index in [2.05, 4.69) is 3.53 Å². The fraction of sp³-hybridized carbons (Fsp3) is 0.